The van der Waals surface area contributed by atoms with Gasteiger partial charge in [-0.05, 0) is 33.5 Å². The molecule has 0 aromatic heterocycles. The fourth-order valence-corrected chi connectivity index (χ4v) is 2.28. The van der Waals surface area contributed by atoms with E-state index in [2.05, 4.69) is 24.3 Å². The van der Waals surface area contributed by atoms with Crippen molar-refractivity contribution in [3.63, 3.8) is 0 Å². The van der Waals surface area contributed by atoms with E-state index >= 15 is 0 Å². The molecule has 1 heterocycles. The Balaban J connectivity index is 2.58. The lowest BCUT2D eigenvalue weighted by Crippen LogP contribution is -2.42. The van der Waals surface area contributed by atoms with Crippen molar-refractivity contribution in [1.82, 2.24) is 10.2 Å². The normalized spacial score (nSPS) is 38.2. The van der Waals surface area contributed by atoms with E-state index in [0.29, 0.717) is 6.04 Å². The quantitative estimate of drug-likeness (QED) is 0.522. The maximum Gasteiger partial charge on any atom is 0.101 e. The SMILES string of the molecule is CN(C)C1CCCNC(Cl)C1Cl. The first-order valence-corrected chi connectivity index (χ1v) is 5.18. The summed E-state index contributed by atoms with van der Waals surface area (Å²) in [5, 5.41) is 3.19. The molecule has 1 N–H and O–H groups in total. The van der Waals surface area contributed by atoms with Gasteiger partial charge in [-0.25, -0.2) is 0 Å². The van der Waals surface area contributed by atoms with Crippen molar-refractivity contribution >= 4 is 23.2 Å². The zero-order valence-corrected chi connectivity index (χ0v) is 9.07. The number of hydrogen-bond donors (Lipinski definition) is 1. The third-order valence-electron chi connectivity index (χ3n) is 2.33. The summed E-state index contributed by atoms with van der Waals surface area (Å²) in [5.74, 6) is 0. The van der Waals surface area contributed by atoms with Gasteiger partial charge in [-0.1, -0.05) is 0 Å². The molecule has 0 amide bonds. The molecule has 0 aromatic carbocycles. The predicted molar refractivity (Wildman–Crippen MR) is 54.0 cm³/mol. The predicted octanol–water partition coefficient (Wildman–Crippen LogP) is 1.47. The van der Waals surface area contributed by atoms with Crippen LogP contribution in [0.2, 0.25) is 0 Å². The Labute approximate surface area is 84.2 Å². The Kier molecular flexibility index (Phi) is 4.11. The number of nitrogens with one attached hydrogen (secondary N) is 1. The summed E-state index contributed by atoms with van der Waals surface area (Å²) < 4.78 is 0. The number of hydrogen-bond acceptors (Lipinski definition) is 2. The summed E-state index contributed by atoms with van der Waals surface area (Å²) in [7, 11) is 4.10. The summed E-state index contributed by atoms with van der Waals surface area (Å²) in [6.07, 6.45) is 2.27. The highest BCUT2D eigenvalue weighted by atomic mass is 35.5. The van der Waals surface area contributed by atoms with E-state index in [9.17, 15) is 0 Å². The van der Waals surface area contributed by atoms with Crippen LogP contribution < -0.4 is 5.32 Å². The molecule has 1 aliphatic heterocycles. The highest BCUT2D eigenvalue weighted by Gasteiger charge is 2.29. The van der Waals surface area contributed by atoms with Gasteiger partial charge < -0.3 is 10.2 Å². The molecule has 1 fully saturated rings. The molecule has 0 spiro atoms. The van der Waals surface area contributed by atoms with Gasteiger partial charge in [-0.15, -0.1) is 23.2 Å². The molecule has 72 valence electrons. The molecule has 3 atom stereocenters. The van der Waals surface area contributed by atoms with Crippen molar-refractivity contribution in [2.45, 2.75) is 29.8 Å². The zero-order chi connectivity index (χ0) is 9.14. The van der Waals surface area contributed by atoms with Crippen LogP contribution in [0.25, 0.3) is 0 Å². The van der Waals surface area contributed by atoms with Crippen molar-refractivity contribution in [2.75, 3.05) is 20.6 Å². The molecule has 0 bridgehead atoms. The summed E-state index contributed by atoms with van der Waals surface area (Å²) in [6.45, 7) is 0.974. The van der Waals surface area contributed by atoms with E-state index in [1.165, 1.54) is 0 Å². The van der Waals surface area contributed by atoms with E-state index in [1.54, 1.807) is 0 Å². The lowest BCUT2D eigenvalue weighted by molar-refractivity contribution is 0.272. The van der Waals surface area contributed by atoms with Crippen LogP contribution in [0, 0.1) is 0 Å². The molecule has 4 heteroatoms. The molecular weight excluding hydrogens is 195 g/mol. The Morgan fingerprint density at radius 2 is 2.00 bits per heavy atom. The van der Waals surface area contributed by atoms with Crippen LogP contribution in [0.3, 0.4) is 0 Å². The Morgan fingerprint density at radius 1 is 1.33 bits per heavy atom. The second kappa shape index (κ2) is 4.66. The van der Waals surface area contributed by atoms with Gasteiger partial charge in [0.2, 0.25) is 0 Å². The van der Waals surface area contributed by atoms with Crippen molar-refractivity contribution in [2.24, 2.45) is 0 Å². The molecular formula is C8H16Cl2N2. The molecule has 0 saturated carbocycles. The second-order valence-electron chi connectivity index (χ2n) is 3.47. The minimum absolute atomic E-state index is 0.00386. The third-order valence-corrected chi connectivity index (χ3v) is 3.42. The Bertz CT molecular complexity index is 141. The van der Waals surface area contributed by atoms with Gasteiger partial charge in [0.1, 0.15) is 5.50 Å². The van der Waals surface area contributed by atoms with Gasteiger partial charge in [0.05, 0.1) is 5.38 Å². The van der Waals surface area contributed by atoms with Crippen LogP contribution in [0.5, 0.6) is 0 Å². The molecule has 0 aromatic rings. The molecule has 1 aliphatic rings. The summed E-state index contributed by atoms with van der Waals surface area (Å²) in [4.78, 5) is 2.15. The van der Waals surface area contributed by atoms with Crippen molar-refractivity contribution in [1.29, 1.82) is 0 Å². The van der Waals surface area contributed by atoms with Gasteiger partial charge in [0.15, 0.2) is 0 Å². The van der Waals surface area contributed by atoms with Gasteiger partial charge in [-0.2, -0.15) is 0 Å². The van der Waals surface area contributed by atoms with Gasteiger partial charge in [0, 0.05) is 6.04 Å². The maximum atomic E-state index is 6.20. The first-order valence-electron chi connectivity index (χ1n) is 4.31. The standard InChI is InChI=1S/C8H16Cl2N2/c1-12(2)6-4-3-5-11-8(10)7(6)9/h6-8,11H,3-5H2,1-2H3. The molecule has 12 heavy (non-hydrogen) atoms. The lowest BCUT2D eigenvalue weighted by Gasteiger charge is -2.28. The van der Waals surface area contributed by atoms with E-state index in [4.69, 9.17) is 23.2 Å². The van der Waals surface area contributed by atoms with Crippen LogP contribution in [0.4, 0.5) is 0 Å². The summed E-state index contributed by atoms with van der Waals surface area (Å²) >= 11 is 12.2. The first kappa shape index (κ1) is 10.6. The van der Waals surface area contributed by atoms with E-state index in [-0.39, 0.29) is 10.9 Å². The molecule has 0 radical (unpaired) electrons. The Hall–Kier alpha value is 0.500. The number of rotatable bonds is 1. The van der Waals surface area contributed by atoms with Gasteiger partial charge in [0.25, 0.3) is 0 Å². The summed E-state index contributed by atoms with van der Waals surface area (Å²) in [6, 6.07) is 0.393. The molecule has 0 aliphatic carbocycles. The van der Waals surface area contributed by atoms with Crippen LogP contribution in [-0.4, -0.2) is 42.5 Å². The number of nitrogens with zero attached hydrogens (tertiary/aromatic N) is 1. The monoisotopic (exact) mass is 210 g/mol. The molecule has 3 unspecified atom stereocenters. The highest BCUT2D eigenvalue weighted by molar-refractivity contribution is 6.30. The van der Waals surface area contributed by atoms with Crippen molar-refractivity contribution in [3.05, 3.63) is 0 Å². The van der Waals surface area contributed by atoms with E-state index < -0.39 is 0 Å². The van der Waals surface area contributed by atoms with Gasteiger partial charge >= 0.3 is 0 Å². The van der Waals surface area contributed by atoms with Crippen molar-refractivity contribution in [3.8, 4) is 0 Å². The molecule has 2 nitrogen and oxygen atoms in total. The smallest absolute Gasteiger partial charge is 0.101 e. The molecule has 1 rings (SSSR count). The lowest BCUT2D eigenvalue weighted by atomic mass is 10.1. The average molecular weight is 211 g/mol. The number of halogens is 2. The highest BCUT2D eigenvalue weighted by Crippen LogP contribution is 2.21. The average Bonchev–Trinajstić information content (AvgIpc) is 2.15. The first-order chi connectivity index (χ1) is 5.63. The maximum absolute atomic E-state index is 6.20. The van der Waals surface area contributed by atoms with Crippen LogP contribution in [0.1, 0.15) is 12.8 Å². The third kappa shape index (κ3) is 2.49. The Morgan fingerprint density at radius 3 is 2.58 bits per heavy atom. The second-order valence-corrected chi connectivity index (χ2v) is 4.45. The number of alkyl halides is 2. The van der Waals surface area contributed by atoms with Gasteiger partial charge in [-0.3, -0.25) is 0 Å². The van der Waals surface area contributed by atoms with Crippen molar-refractivity contribution < 1.29 is 0 Å². The van der Waals surface area contributed by atoms with Crippen LogP contribution in [0.15, 0.2) is 0 Å². The minimum atomic E-state index is -0.0958. The topological polar surface area (TPSA) is 15.3 Å². The van der Waals surface area contributed by atoms with E-state index in [0.717, 1.165) is 19.4 Å². The van der Waals surface area contributed by atoms with Crippen LogP contribution >= 0.6 is 23.2 Å². The van der Waals surface area contributed by atoms with Crippen LogP contribution in [-0.2, 0) is 0 Å². The zero-order valence-electron chi connectivity index (χ0n) is 7.56. The summed E-state index contributed by atoms with van der Waals surface area (Å²) in [5.41, 5.74) is -0.0958. The van der Waals surface area contributed by atoms with E-state index in [1.807, 2.05) is 0 Å². The fourth-order valence-electron chi connectivity index (χ4n) is 1.56. The fraction of sp³-hybridized carbons (Fsp3) is 1.00. The largest absolute Gasteiger partial charge is 0.305 e. The minimum Gasteiger partial charge on any atom is -0.305 e. The molecule has 1 saturated heterocycles.